The fourth-order valence-electron chi connectivity index (χ4n) is 1.82. The summed E-state index contributed by atoms with van der Waals surface area (Å²) in [7, 11) is 1.69. The zero-order valence-electron chi connectivity index (χ0n) is 11.6. The maximum Gasteiger partial charge on any atom is 0.122 e. The maximum absolute atomic E-state index is 9.72. The van der Waals surface area contributed by atoms with Crippen LogP contribution in [0.2, 0.25) is 0 Å². The Morgan fingerprint density at radius 2 is 1.76 bits per heavy atom. The fraction of sp³-hybridized carbons (Fsp3) is 0.467. The van der Waals surface area contributed by atoms with E-state index in [2.05, 4.69) is 20.8 Å². The molecule has 1 aromatic carbocycles. The van der Waals surface area contributed by atoms with E-state index in [1.54, 1.807) is 21.0 Å². The molecule has 0 spiro atoms. The van der Waals surface area contributed by atoms with Gasteiger partial charge in [-0.3, -0.25) is 0 Å². The second kappa shape index (κ2) is 4.92. The van der Waals surface area contributed by atoms with Gasteiger partial charge in [0.2, 0.25) is 0 Å². The van der Waals surface area contributed by atoms with Crippen molar-refractivity contribution in [2.75, 3.05) is 7.11 Å². The molecular weight excluding hydrogens is 212 g/mol. The molecule has 0 atom stereocenters. The number of rotatable bonds is 3. The first-order chi connectivity index (χ1) is 7.76. The minimum atomic E-state index is -0.785. The van der Waals surface area contributed by atoms with Crippen molar-refractivity contribution in [3.63, 3.8) is 0 Å². The minimum Gasteiger partial charge on any atom is -0.496 e. The van der Waals surface area contributed by atoms with Crippen LogP contribution in [0.3, 0.4) is 0 Å². The lowest BCUT2D eigenvalue weighted by Crippen LogP contribution is -2.13. The molecular formula is C15H22O2. The topological polar surface area (TPSA) is 29.5 Å². The second-order valence-electron chi connectivity index (χ2n) is 5.05. The maximum atomic E-state index is 9.72. The summed E-state index contributed by atoms with van der Waals surface area (Å²) >= 11 is 0. The molecule has 0 saturated heterocycles. The molecule has 0 unspecified atom stereocenters. The predicted octanol–water partition coefficient (Wildman–Crippen LogP) is 3.40. The van der Waals surface area contributed by atoms with E-state index < -0.39 is 5.60 Å². The summed E-state index contributed by atoms with van der Waals surface area (Å²) in [5.41, 5.74) is 3.87. The molecule has 0 heterocycles. The molecule has 0 amide bonds. The third kappa shape index (κ3) is 3.34. The number of hydrogen-bond acceptors (Lipinski definition) is 2. The van der Waals surface area contributed by atoms with E-state index in [-0.39, 0.29) is 0 Å². The Kier molecular flexibility index (Phi) is 3.99. The highest BCUT2D eigenvalue weighted by molar-refractivity contribution is 5.63. The number of benzene rings is 1. The van der Waals surface area contributed by atoms with Crippen molar-refractivity contribution in [2.45, 2.75) is 40.2 Å². The highest BCUT2D eigenvalue weighted by Gasteiger charge is 2.11. The largest absolute Gasteiger partial charge is 0.496 e. The first-order valence-electron chi connectivity index (χ1n) is 5.82. The molecule has 94 valence electrons. The molecule has 2 heteroatoms. The number of aryl methyl sites for hydroxylation is 1. The van der Waals surface area contributed by atoms with Crippen molar-refractivity contribution in [3.8, 4) is 5.75 Å². The summed E-state index contributed by atoms with van der Waals surface area (Å²) in [6, 6.07) is 2.03. The van der Waals surface area contributed by atoms with Crippen LogP contribution in [0.5, 0.6) is 5.75 Å². The number of hydrogen-bond donors (Lipinski definition) is 1. The Bertz CT molecular complexity index is 437. The molecule has 1 aromatic rings. The van der Waals surface area contributed by atoms with Crippen LogP contribution in [0, 0.1) is 20.8 Å². The Hall–Kier alpha value is -1.28. The smallest absolute Gasteiger partial charge is 0.122 e. The molecule has 17 heavy (non-hydrogen) atoms. The van der Waals surface area contributed by atoms with E-state index >= 15 is 0 Å². The molecule has 0 bridgehead atoms. The van der Waals surface area contributed by atoms with E-state index in [0.29, 0.717) is 0 Å². The Balaban J connectivity index is 3.27. The third-order valence-corrected chi connectivity index (χ3v) is 2.99. The fourth-order valence-corrected chi connectivity index (χ4v) is 1.82. The molecule has 2 nitrogen and oxygen atoms in total. The first-order valence-corrected chi connectivity index (χ1v) is 5.82. The standard InChI is InChI=1S/C15H22O2/c1-10-9-14(17-6)12(3)11(2)13(10)7-8-15(4,5)16/h7-9,16H,1-6H3/b8-7+. The number of ether oxygens (including phenoxy) is 1. The number of methoxy groups -OCH3 is 1. The third-order valence-electron chi connectivity index (χ3n) is 2.99. The molecule has 0 aliphatic carbocycles. The van der Waals surface area contributed by atoms with Gasteiger partial charge in [0.05, 0.1) is 12.7 Å². The van der Waals surface area contributed by atoms with E-state index in [1.165, 1.54) is 5.56 Å². The van der Waals surface area contributed by atoms with Gasteiger partial charge >= 0.3 is 0 Å². The molecule has 0 aliphatic rings. The average Bonchev–Trinajstić information content (AvgIpc) is 2.21. The highest BCUT2D eigenvalue weighted by atomic mass is 16.5. The summed E-state index contributed by atoms with van der Waals surface area (Å²) in [5.74, 6) is 0.917. The summed E-state index contributed by atoms with van der Waals surface area (Å²) < 4.78 is 5.33. The van der Waals surface area contributed by atoms with E-state index in [9.17, 15) is 5.11 Å². The van der Waals surface area contributed by atoms with Crippen molar-refractivity contribution < 1.29 is 9.84 Å². The van der Waals surface area contributed by atoms with Gasteiger partial charge in [-0.2, -0.15) is 0 Å². The van der Waals surface area contributed by atoms with Crippen molar-refractivity contribution in [2.24, 2.45) is 0 Å². The lowest BCUT2D eigenvalue weighted by atomic mass is 9.95. The lowest BCUT2D eigenvalue weighted by molar-refractivity contribution is 0.134. The monoisotopic (exact) mass is 234 g/mol. The molecule has 0 aliphatic heterocycles. The van der Waals surface area contributed by atoms with Gasteiger partial charge in [0.25, 0.3) is 0 Å². The van der Waals surface area contributed by atoms with Crippen molar-refractivity contribution >= 4 is 6.08 Å². The lowest BCUT2D eigenvalue weighted by Gasteiger charge is -2.15. The van der Waals surface area contributed by atoms with Crippen LogP contribution in [0.1, 0.15) is 36.1 Å². The second-order valence-corrected chi connectivity index (χ2v) is 5.05. The van der Waals surface area contributed by atoms with Gasteiger partial charge in [0.1, 0.15) is 5.75 Å². The van der Waals surface area contributed by atoms with Gasteiger partial charge in [-0.05, 0) is 62.9 Å². The minimum absolute atomic E-state index is 0.785. The zero-order chi connectivity index (χ0) is 13.2. The quantitative estimate of drug-likeness (QED) is 0.868. The summed E-state index contributed by atoms with van der Waals surface area (Å²) in [4.78, 5) is 0. The molecule has 0 radical (unpaired) electrons. The van der Waals surface area contributed by atoms with E-state index in [1.807, 2.05) is 18.2 Å². The Morgan fingerprint density at radius 1 is 1.18 bits per heavy atom. The predicted molar refractivity (Wildman–Crippen MR) is 72.5 cm³/mol. The summed E-state index contributed by atoms with van der Waals surface area (Å²) in [6.07, 6.45) is 3.80. The highest BCUT2D eigenvalue weighted by Crippen LogP contribution is 2.28. The van der Waals surface area contributed by atoms with E-state index in [0.717, 1.165) is 22.4 Å². The van der Waals surface area contributed by atoms with Crippen molar-refractivity contribution in [1.29, 1.82) is 0 Å². The van der Waals surface area contributed by atoms with Crippen LogP contribution in [-0.4, -0.2) is 17.8 Å². The van der Waals surface area contributed by atoms with Crippen LogP contribution < -0.4 is 4.74 Å². The van der Waals surface area contributed by atoms with Crippen LogP contribution >= 0.6 is 0 Å². The molecule has 0 saturated carbocycles. The zero-order valence-corrected chi connectivity index (χ0v) is 11.6. The van der Waals surface area contributed by atoms with Crippen molar-refractivity contribution in [1.82, 2.24) is 0 Å². The van der Waals surface area contributed by atoms with Gasteiger partial charge in [-0.25, -0.2) is 0 Å². The molecule has 1 N–H and O–H groups in total. The van der Waals surface area contributed by atoms with Crippen LogP contribution in [0.4, 0.5) is 0 Å². The normalized spacial score (nSPS) is 12.2. The number of aliphatic hydroxyl groups is 1. The average molecular weight is 234 g/mol. The van der Waals surface area contributed by atoms with Crippen LogP contribution in [-0.2, 0) is 0 Å². The van der Waals surface area contributed by atoms with Gasteiger partial charge in [0.15, 0.2) is 0 Å². The van der Waals surface area contributed by atoms with Crippen LogP contribution in [0.15, 0.2) is 12.1 Å². The van der Waals surface area contributed by atoms with Gasteiger partial charge in [0, 0.05) is 0 Å². The van der Waals surface area contributed by atoms with Crippen LogP contribution in [0.25, 0.3) is 6.08 Å². The van der Waals surface area contributed by atoms with Gasteiger partial charge in [-0.15, -0.1) is 0 Å². The molecule has 1 rings (SSSR count). The molecule has 0 aromatic heterocycles. The first kappa shape index (κ1) is 13.8. The Morgan fingerprint density at radius 3 is 2.24 bits per heavy atom. The summed E-state index contributed by atoms with van der Waals surface area (Å²) in [6.45, 7) is 9.72. The van der Waals surface area contributed by atoms with Gasteiger partial charge in [-0.1, -0.05) is 12.2 Å². The van der Waals surface area contributed by atoms with E-state index in [4.69, 9.17) is 4.74 Å². The Labute approximate surface area is 104 Å². The SMILES string of the molecule is COc1cc(C)c(/C=C/C(C)(C)O)c(C)c1C. The van der Waals surface area contributed by atoms with Crippen molar-refractivity contribution in [3.05, 3.63) is 34.4 Å². The van der Waals surface area contributed by atoms with Gasteiger partial charge < -0.3 is 9.84 Å². The summed E-state index contributed by atoms with van der Waals surface area (Å²) in [5, 5.41) is 9.72. The molecule has 0 fully saturated rings.